The summed E-state index contributed by atoms with van der Waals surface area (Å²) in [6.45, 7) is 0. The van der Waals surface area contributed by atoms with Crippen molar-refractivity contribution in [1.29, 1.82) is 0 Å². The fraction of sp³-hybridized carbons (Fsp3) is 0.286. The minimum atomic E-state index is 0.265. The highest BCUT2D eigenvalue weighted by atomic mass is 32.2. The van der Waals surface area contributed by atoms with Gasteiger partial charge in [-0.05, 0) is 30.8 Å². The monoisotopic (exact) mass is 245 g/mol. The number of rotatable bonds is 3. The number of likely N-dealkylation sites (N-methyl/N-ethyl adjacent to an activating group) is 1. The van der Waals surface area contributed by atoms with Crippen LogP contribution in [0.4, 0.5) is 0 Å². The van der Waals surface area contributed by atoms with Crippen molar-refractivity contribution < 1.29 is 4.42 Å². The van der Waals surface area contributed by atoms with E-state index in [1.165, 1.54) is 10.5 Å². The van der Waals surface area contributed by atoms with E-state index in [0.717, 1.165) is 11.5 Å². The molecule has 3 rings (SSSR count). The normalized spacial score (nSPS) is 20.2. The minimum absolute atomic E-state index is 0.265. The summed E-state index contributed by atoms with van der Waals surface area (Å²) < 4.78 is 5.54. The second-order valence-corrected chi connectivity index (χ2v) is 5.30. The van der Waals surface area contributed by atoms with Gasteiger partial charge in [-0.2, -0.15) is 0 Å². The molecule has 2 atom stereocenters. The minimum Gasteiger partial charge on any atom is -0.468 e. The van der Waals surface area contributed by atoms with E-state index in [2.05, 4.69) is 29.6 Å². The molecule has 0 saturated heterocycles. The van der Waals surface area contributed by atoms with Gasteiger partial charge in [-0.1, -0.05) is 18.2 Å². The molecular weight excluding hydrogens is 230 g/mol. The van der Waals surface area contributed by atoms with E-state index in [1.807, 2.05) is 30.9 Å². The van der Waals surface area contributed by atoms with Gasteiger partial charge >= 0.3 is 0 Å². The van der Waals surface area contributed by atoms with E-state index in [1.54, 1.807) is 6.26 Å². The van der Waals surface area contributed by atoms with Crippen LogP contribution in [-0.2, 0) is 0 Å². The first-order valence-electron chi connectivity index (χ1n) is 5.82. The van der Waals surface area contributed by atoms with Gasteiger partial charge in [0, 0.05) is 16.6 Å². The summed E-state index contributed by atoms with van der Waals surface area (Å²) in [7, 11) is 2.00. The first-order chi connectivity index (χ1) is 8.40. The Bertz CT molecular complexity index is 495. The van der Waals surface area contributed by atoms with E-state index in [9.17, 15) is 0 Å². The molecular formula is C14H15NOS. The van der Waals surface area contributed by atoms with Crippen LogP contribution < -0.4 is 5.32 Å². The lowest BCUT2D eigenvalue weighted by molar-refractivity contribution is 0.398. The predicted octanol–water partition coefficient (Wildman–Crippen LogP) is 3.43. The van der Waals surface area contributed by atoms with Gasteiger partial charge in [-0.25, -0.2) is 0 Å². The molecule has 0 saturated carbocycles. The largest absolute Gasteiger partial charge is 0.468 e. The molecule has 0 fully saturated rings. The van der Waals surface area contributed by atoms with Gasteiger partial charge in [0.1, 0.15) is 5.76 Å². The fourth-order valence-electron chi connectivity index (χ4n) is 2.47. The van der Waals surface area contributed by atoms with Crippen LogP contribution in [0.2, 0.25) is 0 Å². The summed E-state index contributed by atoms with van der Waals surface area (Å²) in [5.74, 6) is 2.63. The third kappa shape index (κ3) is 1.90. The highest BCUT2D eigenvalue weighted by Gasteiger charge is 2.31. The summed E-state index contributed by atoms with van der Waals surface area (Å²) in [6, 6.07) is 12.9. The van der Waals surface area contributed by atoms with E-state index in [-0.39, 0.29) is 6.04 Å². The molecule has 1 N–H and O–H groups in total. The maximum Gasteiger partial charge on any atom is 0.121 e. The Morgan fingerprint density at radius 2 is 2.18 bits per heavy atom. The molecule has 2 unspecified atom stereocenters. The molecule has 2 aromatic rings. The Kier molecular flexibility index (Phi) is 2.95. The Hall–Kier alpha value is -1.19. The molecule has 3 heteroatoms. The van der Waals surface area contributed by atoms with Crippen LogP contribution in [0.5, 0.6) is 0 Å². The van der Waals surface area contributed by atoms with Gasteiger partial charge < -0.3 is 9.73 Å². The molecule has 0 spiro atoms. The number of thioether (sulfide) groups is 1. The Morgan fingerprint density at radius 1 is 1.29 bits per heavy atom. The molecule has 1 aromatic heterocycles. The molecule has 1 aromatic carbocycles. The summed E-state index contributed by atoms with van der Waals surface area (Å²) >= 11 is 1.94. The van der Waals surface area contributed by atoms with Crippen LogP contribution in [0.1, 0.15) is 23.3 Å². The van der Waals surface area contributed by atoms with Crippen molar-refractivity contribution in [2.24, 2.45) is 0 Å². The Labute approximate surface area is 105 Å². The molecule has 88 valence electrons. The van der Waals surface area contributed by atoms with Crippen molar-refractivity contribution in [2.45, 2.75) is 16.9 Å². The van der Waals surface area contributed by atoms with Crippen LogP contribution in [-0.4, -0.2) is 12.8 Å². The van der Waals surface area contributed by atoms with Crippen molar-refractivity contribution in [2.75, 3.05) is 12.8 Å². The molecule has 1 aliphatic heterocycles. The van der Waals surface area contributed by atoms with Crippen molar-refractivity contribution in [3.8, 4) is 0 Å². The molecule has 0 bridgehead atoms. The smallest absolute Gasteiger partial charge is 0.121 e. The predicted molar refractivity (Wildman–Crippen MR) is 70.4 cm³/mol. The lowest BCUT2D eigenvalue weighted by Gasteiger charge is -2.21. The molecule has 0 amide bonds. The Morgan fingerprint density at radius 3 is 2.94 bits per heavy atom. The second kappa shape index (κ2) is 4.59. The third-order valence-corrected chi connectivity index (χ3v) is 4.51. The van der Waals surface area contributed by atoms with Crippen LogP contribution in [0, 0.1) is 0 Å². The van der Waals surface area contributed by atoms with Crippen LogP contribution in [0.15, 0.2) is 52.0 Å². The first-order valence-corrected chi connectivity index (χ1v) is 6.81. The summed E-state index contributed by atoms with van der Waals surface area (Å²) in [4.78, 5) is 1.41. The zero-order chi connectivity index (χ0) is 11.7. The molecule has 17 heavy (non-hydrogen) atoms. The van der Waals surface area contributed by atoms with Gasteiger partial charge in [0.15, 0.2) is 0 Å². The highest BCUT2D eigenvalue weighted by molar-refractivity contribution is 7.99. The van der Waals surface area contributed by atoms with Crippen LogP contribution >= 0.6 is 11.8 Å². The maximum absolute atomic E-state index is 5.54. The number of hydrogen-bond donors (Lipinski definition) is 1. The SMILES string of the molecule is CNC(c1ccco1)C1CSc2ccccc21. The number of fused-ring (bicyclic) bond motifs is 1. The lowest BCUT2D eigenvalue weighted by atomic mass is 9.92. The number of nitrogens with one attached hydrogen (secondary N) is 1. The van der Waals surface area contributed by atoms with Gasteiger partial charge in [0.25, 0.3) is 0 Å². The van der Waals surface area contributed by atoms with E-state index in [0.29, 0.717) is 5.92 Å². The summed E-state index contributed by atoms with van der Waals surface area (Å²) in [6.07, 6.45) is 1.74. The van der Waals surface area contributed by atoms with E-state index >= 15 is 0 Å². The second-order valence-electron chi connectivity index (χ2n) is 4.24. The van der Waals surface area contributed by atoms with Crippen LogP contribution in [0.3, 0.4) is 0 Å². The van der Waals surface area contributed by atoms with E-state index < -0.39 is 0 Å². The zero-order valence-electron chi connectivity index (χ0n) is 9.72. The van der Waals surface area contributed by atoms with Crippen molar-refractivity contribution in [3.05, 3.63) is 54.0 Å². The first kappa shape index (κ1) is 10.9. The number of furan rings is 1. The van der Waals surface area contributed by atoms with Gasteiger partial charge in [0.2, 0.25) is 0 Å². The lowest BCUT2D eigenvalue weighted by Crippen LogP contribution is -2.23. The Balaban J connectivity index is 1.95. The number of benzene rings is 1. The molecule has 1 aliphatic rings. The third-order valence-electron chi connectivity index (χ3n) is 3.30. The fourth-order valence-corrected chi connectivity index (χ4v) is 3.77. The standard InChI is InChI=1S/C14H15NOS/c1-15-14(12-6-4-8-16-12)11-9-17-13-7-3-2-5-10(11)13/h2-8,11,14-15H,9H2,1H3. The molecule has 0 radical (unpaired) electrons. The maximum atomic E-state index is 5.54. The van der Waals surface area contributed by atoms with Crippen molar-refractivity contribution >= 4 is 11.8 Å². The van der Waals surface area contributed by atoms with Gasteiger partial charge in [-0.3, -0.25) is 0 Å². The number of hydrogen-bond acceptors (Lipinski definition) is 3. The average molecular weight is 245 g/mol. The summed E-state index contributed by atoms with van der Waals surface area (Å²) in [5.41, 5.74) is 1.44. The molecule has 2 heterocycles. The quantitative estimate of drug-likeness (QED) is 0.897. The average Bonchev–Trinajstić information content (AvgIpc) is 3.01. The highest BCUT2D eigenvalue weighted by Crippen LogP contribution is 2.45. The summed E-state index contributed by atoms with van der Waals surface area (Å²) in [5, 5.41) is 3.38. The van der Waals surface area contributed by atoms with E-state index in [4.69, 9.17) is 4.42 Å². The van der Waals surface area contributed by atoms with Crippen molar-refractivity contribution in [1.82, 2.24) is 5.32 Å². The van der Waals surface area contributed by atoms with Gasteiger partial charge in [0.05, 0.1) is 12.3 Å². The van der Waals surface area contributed by atoms with Crippen molar-refractivity contribution in [3.63, 3.8) is 0 Å². The molecule has 2 nitrogen and oxygen atoms in total. The zero-order valence-corrected chi connectivity index (χ0v) is 10.5. The molecule has 0 aliphatic carbocycles. The topological polar surface area (TPSA) is 25.2 Å². The van der Waals surface area contributed by atoms with Crippen LogP contribution in [0.25, 0.3) is 0 Å². The van der Waals surface area contributed by atoms with Gasteiger partial charge in [-0.15, -0.1) is 11.8 Å².